The lowest BCUT2D eigenvalue weighted by Gasteiger charge is -2.23. The summed E-state index contributed by atoms with van der Waals surface area (Å²) < 4.78 is 9.70. The molecule has 0 fully saturated rings. The minimum absolute atomic E-state index is 0.378. The Kier molecular flexibility index (Phi) is 7.76. The van der Waals surface area contributed by atoms with Gasteiger partial charge in [0.05, 0.1) is 7.11 Å². The molecular weight excluding hydrogens is 276 g/mol. The number of nitrogens with one attached hydrogen (secondary N) is 2. The average Bonchev–Trinajstić information content (AvgIpc) is 2.38. The van der Waals surface area contributed by atoms with E-state index in [-0.39, 0.29) is 0 Å². The van der Waals surface area contributed by atoms with Crippen LogP contribution in [0.15, 0.2) is 0 Å². The second kappa shape index (κ2) is 8.49. The largest absolute Gasteiger partial charge is 0.467 e. The third kappa shape index (κ3) is 7.53. The molecule has 7 nitrogen and oxygen atoms in total. The summed E-state index contributed by atoms with van der Waals surface area (Å²) in [4.78, 5) is 35.2. The van der Waals surface area contributed by atoms with Gasteiger partial charge in [0, 0.05) is 0 Å². The van der Waals surface area contributed by atoms with Gasteiger partial charge in [0.2, 0.25) is 5.91 Å². The Labute approximate surface area is 125 Å². The minimum atomic E-state index is -0.765. The highest BCUT2D eigenvalue weighted by molar-refractivity contribution is 5.89. The Morgan fingerprint density at radius 3 is 1.90 bits per heavy atom. The molecule has 0 aromatic heterocycles. The fourth-order valence-corrected chi connectivity index (χ4v) is 1.55. The molecule has 2 N–H and O–H groups in total. The molecule has 0 aromatic rings. The van der Waals surface area contributed by atoms with E-state index >= 15 is 0 Å². The van der Waals surface area contributed by atoms with Gasteiger partial charge < -0.3 is 20.1 Å². The van der Waals surface area contributed by atoms with E-state index in [4.69, 9.17) is 4.74 Å². The van der Waals surface area contributed by atoms with Crippen LogP contribution in [-0.2, 0) is 19.1 Å². The maximum absolute atomic E-state index is 12.1. The normalized spacial score (nSPS) is 13.8. The Morgan fingerprint density at radius 2 is 1.52 bits per heavy atom. The van der Waals surface area contributed by atoms with Gasteiger partial charge in [-0.25, -0.2) is 9.59 Å². The Bertz CT molecular complexity index is 376. The SMILES string of the molecule is CC[C@H](NC(=O)[C@@H](CC)NC(=O)OC(C)(C)C)C(=O)OC. The zero-order valence-electron chi connectivity index (χ0n) is 13.6. The van der Waals surface area contributed by atoms with Crippen molar-refractivity contribution in [1.29, 1.82) is 0 Å². The van der Waals surface area contributed by atoms with E-state index in [2.05, 4.69) is 15.4 Å². The van der Waals surface area contributed by atoms with Gasteiger partial charge in [-0.1, -0.05) is 13.8 Å². The van der Waals surface area contributed by atoms with E-state index < -0.39 is 35.7 Å². The van der Waals surface area contributed by atoms with Crippen LogP contribution in [0.1, 0.15) is 47.5 Å². The first-order valence-corrected chi connectivity index (χ1v) is 7.02. The summed E-state index contributed by atoms with van der Waals surface area (Å²) in [5, 5.41) is 5.04. The number of esters is 1. The standard InChI is InChI=1S/C14H26N2O5/c1-7-9(16-13(19)21-14(3,4)5)11(17)15-10(8-2)12(18)20-6/h9-10H,7-8H2,1-6H3,(H,15,17)(H,16,19)/t9-,10+/m1/s1. The van der Waals surface area contributed by atoms with Crippen LogP contribution in [0.2, 0.25) is 0 Å². The Morgan fingerprint density at radius 1 is 1.00 bits per heavy atom. The van der Waals surface area contributed by atoms with Gasteiger partial charge in [-0.05, 0) is 33.6 Å². The van der Waals surface area contributed by atoms with E-state index in [1.165, 1.54) is 7.11 Å². The predicted molar refractivity (Wildman–Crippen MR) is 77.7 cm³/mol. The molecule has 0 aromatic carbocycles. The summed E-state index contributed by atoms with van der Waals surface area (Å²) in [6.07, 6.45) is 0.111. The molecule has 0 aliphatic rings. The van der Waals surface area contributed by atoms with Crippen molar-refractivity contribution < 1.29 is 23.9 Å². The summed E-state index contributed by atoms with van der Waals surface area (Å²) in [5.41, 5.74) is -0.642. The van der Waals surface area contributed by atoms with Crippen molar-refractivity contribution in [3.05, 3.63) is 0 Å². The van der Waals surface area contributed by atoms with E-state index in [1.54, 1.807) is 34.6 Å². The number of amides is 2. The molecule has 0 saturated carbocycles. The second-order valence-electron chi connectivity index (χ2n) is 5.60. The number of hydrogen-bond acceptors (Lipinski definition) is 5. The highest BCUT2D eigenvalue weighted by Crippen LogP contribution is 2.07. The number of ether oxygens (including phenoxy) is 2. The quantitative estimate of drug-likeness (QED) is 0.722. The number of methoxy groups -OCH3 is 1. The molecule has 122 valence electrons. The summed E-state index contributed by atoms with van der Waals surface area (Å²) in [6.45, 7) is 8.71. The zero-order chi connectivity index (χ0) is 16.6. The minimum Gasteiger partial charge on any atom is -0.467 e. The van der Waals surface area contributed by atoms with Crippen LogP contribution in [0, 0.1) is 0 Å². The number of rotatable bonds is 6. The molecule has 0 aliphatic carbocycles. The number of carbonyl (C=O) groups excluding carboxylic acids is 3. The van der Waals surface area contributed by atoms with Crippen LogP contribution >= 0.6 is 0 Å². The molecule has 0 heterocycles. The Hall–Kier alpha value is -1.79. The molecule has 0 unspecified atom stereocenters. The molecule has 0 bridgehead atoms. The van der Waals surface area contributed by atoms with Crippen molar-refractivity contribution in [2.24, 2.45) is 0 Å². The van der Waals surface area contributed by atoms with Crippen LogP contribution in [0.4, 0.5) is 4.79 Å². The molecule has 7 heteroatoms. The average molecular weight is 302 g/mol. The molecular formula is C14H26N2O5. The second-order valence-corrected chi connectivity index (χ2v) is 5.60. The number of alkyl carbamates (subject to hydrolysis) is 1. The van der Waals surface area contributed by atoms with Crippen molar-refractivity contribution >= 4 is 18.0 Å². The molecule has 2 amide bonds. The first-order valence-electron chi connectivity index (χ1n) is 7.02. The molecule has 2 atom stereocenters. The van der Waals surface area contributed by atoms with Crippen LogP contribution < -0.4 is 10.6 Å². The summed E-state index contributed by atoms with van der Waals surface area (Å²) in [6, 6.07) is -1.49. The van der Waals surface area contributed by atoms with Crippen LogP contribution in [-0.4, -0.2) is 42.8 Å². The summed E-state index contributed by atoms with van der Waals surface area (Å²) in [5.74, 6) is -0.960. The molecule has 0 saturated heterocycles. The molecule has 0 radical (unpaired) electrons. The van der Waals surface area contributed by atoms with Crippen molar-refractivity contribution in [3.63, 3.8) is 0 Å². The summed E-state index contributed by atoms with van der Waals surface area (Å²) in [7, 11) is 1.26. The van der Waals surface area contributed by atoms with Gasteiger partial charge in [0.25, 0.3) is 0 Å². The first-order chi connectivity index (χ1) is 9.64. The van der Waals surface area contributed by atoms with Crippen LogP contribution in [0.3, 0.4) is 0 Å². The maximum atomic E-state index is 12.1. The predicted octanol–water partition coefficient (Wildman–Crippen LogP) is 1.36. The van der Waals surface area contributed by atoms with Gasteiger partial charge >= 0.3 is 12.1 Å². The monoisotopic (exact) mass is 302 g/mol. The summed E-state index contributed by atoms with van der Waals surface area (Å²) >= 11 is 0. The third-order valence-electron chi connectivity index (χ3n) is 2.63. The lowest BCUT2D eigenvalue weighted by molar-refractivity contribution is -0.145. The molecule has 0 spiro atoms. The smallest absolute Gasteiger partial charge is 0.408 e. The van der Waals surface area contributed by atoms with Crippen molar-refractivity contribution in [2.75, 3.05) is 7.11 Å². The van der Waals surface area contributed by atoms with Gasteiger partial charge in [-0.3, -0.25) is 4.79 Å². The zero-order valence-corrected chi connectivity index (χ0v) is 13.6. The van der Waals surface area contributed by atoms with Crippen LogP contribution in [0.25, 0.3) is 0 Å². The topological polar surface area (TPSA) is 93.7 Å². The van der Waals surface area contributed by atoms with Crippen molar-refractivity contribution in [1.82, 2.24) is 10.6 Å². The number of carbonyl (C=O) groups is 3. The van der Waals surface area contributed by atoms with Gasteiger partial charge in [0.1, 0.15) is 17.7 Å². The Balaban J connectivity index is 4.62. The van der Waals surface area contributed by atoms with Crippen LogP contribution in [0.5, 0.6) is 0 Å². The fourth-order valence-electron chi connectivity index (χ4n) is 1.55. The highest BCUT2D eigenvalue weighted by Gasteiger charge is 2.26. The van der Waals surface area contributed by atoms with Gasteiger partial charge in [-0.2, -0.15) is 0 Å². The van der Waals surface area contributed by atoms with Gasteiger partial charge in [0.15, 0.2) is 0 Å². The van der Waals surface area contributed by atoms with Gasteiger partial charge in [-0.15, -0.1) is 0 Å². The molecule has 21 heavy (non-hydrogen) atoms. The van der Waals surface area contributed by atoms with Crippen molar-refractivity contribution in [2.45, 2.75) is 65.1 Å². The van der Waals surface area contributed by atoms with E-state index in [0.29, 0.717) is 12.8 Å². The molecule has 0 rings (SSSR count). The third-order valence-corrected chi connectivity index (χ3v) is 2.63. The van der Waals surface area contributed by atoms with E-state index in [9.17, 15) is 14.4 Å². The highest BCUT2D eigenvalue weighted by atomic mass is 16.6. The van der Waals surface area contributed by atoms with E-state index in [0.717, 1.165) is 0 Å². The number of hydrogen-bond donors (Lipinski definition) is 2. The molecule has 0 aliphatic heterocycles. The first kappa shape index (κ1) is 19.2. The lowest BCUT2D eigenvalue weighted by atomic mass is 10.1. The lowest BCUT2D eigenvalue weighted by Crippen LogP contribution is -2.52. The van der Waals surface area contributed by atoms with E-state index in [1.807, 2.05) is 0 Å². The maximum Gasteiger partial charge on any atom is 0.408 e. The fraction of sp³-hybridized carbons (Fsp3) is 0.786. The van der Waals surface area contributed by atoms with Crippen molar-refractivity contribution in [3.8, 4) is 0 Å².